The van der Waals surface area contributed by atoms with Crippen LogP contribution in [-0.4, -0.2) is 141 Å². The minimum atomic E-state index is -1.82. The summed E-state index contributed by atoms with van der Waals surface area (Å²) in [4.78, 5) is 53.6. The summed E-state index contributed by atoms with van der Waals surface area (Å²) in [5.74, 6) is -5.21. The number of cyclic esters (lactones) is 1. The van der Waals surface area contributed by atoms with E-state index in [2.05, 4.69) is 25.9 Å². The third-order valence-electron chi connectivity index (χ3n) is 12.1. The van der Waals surface area contributed by atoms with E-state index >= 15 is 0 Å². The van der Waals surface area contributed by atoms with Gasteiger partial charge in [0.05, 0.1) is 49.8 Å². The number of aliphatic imine (C=N–C) groups is 1. The second kappa shape index (κ2) is 19.0. The highest BCUT2D eigenvalue weighted by atomic mass is 16.7. The molecule has 3 fully saturated rings. The van der Waals surface area contributed by atoms with Gasteiger partial charge in [0, 0.05) is 30.5 Å². The van der Waals surface area contributed by atoms with Crippen LogP contribution in [0, 0.1) is 23.7 Å². The summed E-state index contributed by atoms with van der Waals surface area (Å²) in [6.45, 7) is 15.3. The fourth-order valence-electron chi connectivity index (χ4n) is 8.92. The summed E-state index contributed by atoms with van der Waals surface area (Å²) in [7, 11) is 3.74. The van der Waals surface area contributed by atoms with E-state index in [1.807, 2.05) is 64.9 Å². The molecule has 2 bridgehead atoms. The van der Waals surface area contributed by atoms with Gasteiger partial charge in [-0.3, -0.25) is 19.2 Å². The Morgan fingerprint density at radius 2 is 1.79 bits per heavy atom. The number of likely N-dealkylation sites (N-methyl/N-ethyl adjacent to an activating group) is 1. The largest absolute Gasteiger partial charge is 0.459 e. The van der Waals surface area contributed by atoms with E-state index in [0.717, 1.165) is 5.56 Å². The average Bonchev–Trinajstić information content (AvgIpc) is 3.63. The van der Waals surface area contributed by atoms with E-state index in [1.165, 1.54) is 20.8 Å². The number of ether oxygens (including phenoxy) is 5. The lowest BCUT2D eigenvalue weighted by Gasteiger charge is -2.47. The van der Waals surface area contributed by atoms with E-state index in [0.29, 0.717) is 23.2 Å². The molecule has 324 valence electrons. The van der Waals surface area contributed by atoms with Crippen molar-refractivity contribution in [3.8, 4) is 0 Å². The van der Waals surface area contributed by atoms with Crippen molar-refractivity contribution >= 4 is 34.4 Å². The van der Waals surface area contributed by atoms with Crippen molar-refractivity contribution in [3.63, 3.8) is 0 Å². The summed E-state index contributed by atoms with van der Waals surface area (Å²) in [5.41, 5.74) is 2.56. The fraction of sp³-hybridized carbons (Fsp3) is 0.756. The predicted octanol–water partition coefficient (Wildman–Crippen LogP) is 2.91. The molecule has 4 N–H and O–H groups in total. The number of esters is 1. The third-order valence-corrected chi connectivity index (χ3v) is 12.1. The molecule has 17 heteroatoms. The van der Waals surface area contributed by atoms with Gasteiger partial charge in [-0.25, -0.2) is 4.99 Å². The smallest absolute Gasteiger partial charge is 0.316 e. The van der Waals surface area contributed by atoms with E-state index in [-0.39, 0.29) is 44.8 Å². The van der Waals surface area contributed by atoms with Gasteiger partial charge in [-0.05, 0) is 84.7 Å². The van der Waals surface area contributed by atoms with Crippen LogP contribution < -0.4 is 5.48 Å². The second-order valence-electron chi connectivity index (χ2n) is 17.2. The number of aliphatic hydroxyl groups is 2. The van der Waals surface area contributed by atoms with Gasteiger partial charge in [0.2, 0.25) is 5.91 Å². The number of aromatic amines is 1. The van der Waals surface area contributed by atoms with Crippen molar-refractivity contribution in [2.45, 2.75) is 148 Å². The van der Waals surface area contributed by atoms with Crippen LogP contribution in [0.1, 0.15) is 87.1 Å². The molecule has 4 heterocycles. The predicted molar refractivity (Wildman–Crippen MR) is 212 cm³/mol. The zero-order valence-electron chi connectivity index (χ0n) is 35.8. The van der Waals surface area contributed by atoms with Crippen LogP contribution in [0.15, 0.2) is 23.2 Å². The number of benzene rings is 1. The zero-order valence-corrected chi connectivity index (χ0v) is 35.8. The van der Waals surface area contributed by atoms with Crippen LogP contribution in [0.4, 0.5) is 0 Å². The number of aliphatic hydroxyl groups excluding tert-OH is 1. The molecule has 1 amide bonds. The number of amides is 1. The van der Waals surface area contributed by atoms with E-state index in [4.69, 9.17) is 28.5 Å². The molecule has 14 atom stereocenters. The Labute approximate surface area is 340 Å². The average molecular weight is 817 g/mol. The highest BCUT2D eigenvalue weighted by Gasteiger charge is 2.53. The molecule has 0 saturated carbocycles. The number of fused-ring (bicyclic) bond motifs is 6. The Morgan fingerprint density at radius 1 is 1.09 bits per heavy atom. The number of rotatable bonds is 8. The van der Waals surface area contributed by atoms with Crippen LogP contribution in [0.3, 0.4) is 0 Å². The fourth-order valence-corrected chi connectivity index (χ4v) is 8.92. The van der Waals surface area contributed by atoms with Gasteiger partial charge in [0.15, 0.2) is 12.1 Å². The van der Waals surface area contributed by atoms with Crippen LogP contribution >= 0.6 is 0 Å². The van der Waals surface area contributed by atoms with Gasteiger partial charge in [-0.15, -0.1) is 0 Å². The number of H-pyrrole nitrogens is 1. The first kappa shape index (κ1) is 45.8. The van der Waals surface area contributed by atoms with Crippen molar-refractivity contribution in [2.24, 2.45) is 28.7 Å². The van der Waals surface area contributed by atoms with E-state index < -0.39 is 89.3 Å². The van der Waals surface area contributed by atoms with Gasteiger partial charge < -0.3 is 38.8 Å². The molecule has 5 rings (SSSR count). The van der Waals surface area contributed by atoms with Gasteiger partial charge in [0.25, 0.3) is 0 Å². The molecule has 0 radical (unpaired) electrons. The maximum absolute atomic E-state index is 14.5. The zero-order chi connectivity index (χ0) is 42.7. The molecule has 3 aliphatic rings. The summed E-state index contributed by atoms with van der Waals surface area (Å²) >= 11 is 0. The standard InChI is InChI=1S/C41H64N6O11/c1-12-32-41(9,52)37-23(4)33(42-26(7)48)21(2)17-40(8,54-20-28(19-53-37)45-55-18-27-13-14-29-30(16-27)44-46-43-29)36(24(5)34(49)25(6)38(51)57-32)58-39-35(50)31(47(10)11)15-22(3)56-39/h13-14,16,21-25,28,31-32,35-37,39,45,50,52H,12,15,17-20H2,1-11H3,(H,43,44,46)/t21-,22-,23+,24+,25-,28?,31+,32-,35-,36-,37-,39-,40-,41-/m1/s1. The lowest BCUT2D eigenvalue weighted by atomic mass is 9.73. The molecule has 3 aliphatic heterocycles. The van der Waals surface area contributed by atoms with Crippen LogP contribution in [0.25, 0.3) is 11.0 Å². The van der Waals surface area contributed by atoms with Crippen molar-refractivity contribution in [3.05, 3.63) is 23.8 Å². The molecule has 58 heavy (non-hydrogen) atoms. The molecular weight excluding hydrogens is 752 g/mol. The maximum atomic E-state index is 14.5. The number of carbonyl (C=O) groups excluding carboxylic acids is 3. The SMILES string of the molecule is CC[C@H]1OC(=O)[C@H](C)C(=O)[C@H](C)[C@@H](O[C@H]2O[C@H](C)C[C@H](N(C)C)[C@H]2O)[C@@]2(C)C[C@@H](C)C(=NC(C)=O)[C@H](C)[C@@H](OCC(NOCc3ccc4n[nH]nc4c3)CO2)[C@]1(C)O. The number of hydrogen-bond donors (Lipinski definition) is 4. The van der Waals surface area contributed by atoms with Gasteiger partial charge >= 0.3 is 5.97 Å². The van der Waals surface area contributed by atoms with Crippen molar-refractivity contribution in [2.75, 3.05) is 27.3 Å². The third kappa shape index (κ3) is 10.2. The van der Waals surface area contributed by atoms with Gasteiger partial charge in [0.1, 0.15) is 34.8 Å². The lowest BCUT2D eigenvalue weighted by Crippen LogP contribution is -2.60. The maximum Gasteiger partial charge on any atom is 0.316 e. The summed E-state index contributed by atoms with van der Waals surface area (Å²) in [6.07, 6.45) is -4.94. The topological polar surface area (TPSA) is 216 Å². The Hall–Kier alpha value is -3.26. The quantitative estimate of drug-likeness (QED) is 0.171. The van der Waals surface area contributed by atoms with Crippen molar-refractivity contribution in [1.29, 1.82) is 0 Å². The van der Waals surface area contributed by atoms with Crippen LogP contribution in [0.2, 0.25) is 0 Å². The number of nitrogens with one attached hydrogen (secondary N) is 2. The summed E-state index contributed by atoms with van der Waals surface area (Å²) in [6, 6.07) is 4.58. The molecular formula is C41H64N6O11. The first-order valence-electron chi connectivity index (χ1n) is 20.4. The molecule has 2 aromatic rings. The first-order chi connectivity index (χ1) is 27.3. The number of nitrogens with zero attached hydrogens (tertiary/aromatic N) is 4. The van der Waals surface area contributed by atoms with Crippen molar-refractivity contribution in [1.82, 2.24) is 25.8 Å². The molecule has 3 saturated heterocycles. The van der Waals surface area contributed by atoms with Gasteiger partial charge in [-0.2, -0.15) is 20.9 Å². The number of hydrogen-bond acceptors (Lipinski definition) is 15. The molecule has 1 unspecified atom stereocenters. The number of hydroxylamine groups is 1. The first-order valence-corrected chi connectivity index (χ1v) is 20.4. The van der Waals surface area contributed by atoms with Crippen LogP contribution in [-0.2, 0) is 49.5 Å². The van der Waals surface area contributed by atoms with Crippen molar-refractivity contribution < 1.29 is 53.1 Å². The molecule has 0 spiro atoms. The number of aromatic nitrogens is 3. The Morgan fingerprint density at radius 3 is 2.47 bits per heavy atom. The van der Waals surface area contributed by atoms with E-state index in [1.54, 1.807) is 13.8 Å². The van der Waals surface area contributed by atoms with E-state index in [9.17, 15) is 24.6 Å². The Kier molecular flexibility index (Phi) is 15.0. The lowest BCUT2D eigenvalue weighted by molar-refractivity contribution is -0.298. The number of ketones is 1. The Balaban J connectivity index is 1.63. The monoisotopic (exact) mass is 816 g/mol. The molecule has 17 nitrogen and oxygen atoms in total. The second-order valence-corrected chi connectivity index (χ2v) is 17.2. The minimum Gasteiger partial charge on any atom is -0.459 e. The molecule has 1 aromatic carbocycles. The highest BCUT2D eigenvalue weighted by molar-refractivity contribution is 6.00. The molecule has 1 aromatic heterocycles. The number of carbonyl (C=O) groups is 3. The highest BCUT2D eigenvalue weighted by Crippen LogP contribution is 2.40. The number of Topliss-reactive ketones (excluding diaryl/α,β-unsaturated/α-hetero) is 1. The molecule has 0 aliphatic carbocycles. The minimum absolute atomic E-state index is 0.0399. The van der Waals surface area contributed by atoms with Crippen LogP contribution in [0.5, 0.6) is 0 Å². The summed E-state index contributed by atoms with van der Waals surface area (Å²) < 4.78 is 32.6. The normalized spacial score (nSPS) is 39.2. The van der Waals surface area contributed by atoms with Gasteiger partial charge in [-0.1, -0.05) is 33.8 Å². The Bertz CT molecular complexity index is 1770. The summed E-state index contributed by atoms with van der Waals surface area (Å²) in [5, 5.41) is 34.9.